The first-order chi connectivity index (χ1) is 7.54. The standard InChI is InChI=1S/C11H14BrFN2O/c1-2-3-9(14)11(16)15-10-6-7(13)4-5-8(10)12/h4-6,9H,2-3,14H2,1H3,(H,15,16). The number of hydrogen-bond donors (Lipinski definition) is 2. The molecule has 1 aromatic carbocycles. The summed E-state index contributed by atoms with van der Waals surface area (Å²) in [6, 6.07) is 3.54. The van der Waals surface area contributed by atoms with Crippen molar-refractivity contribution in [1.29, 1.82) is 0 Å². The van der Waals surface area contributed by atoms with Gasteiger partial charge in [0.1, 0.15) is 5.82 Å². The summed E-state index contributed by atoms with van der Waals surface area (Å²) in [5.74, 6) is -0.698. The zero-order chi connectivity index (χ0) is 12.1. The van der Waals surface area contributed by atoms with E-state index in [0.29, 0.717) is 16.6 Å². The largest absolute Gasteiger partial charge is 0.324 e. The predicted octanol–water partition coefficient (Wildman–Crippen LogP) is 2.65. The van der Waals surface area contributed by atoms with Gasteiger partial charge in [0.15, 0.2) is 0 Å². The van der Waals surface area contributed by atoms with Crippen LogP contribution in [0.15, 0.2) is 22.7 Å². The first kappa shape index (κ1) is 13.1. The minimum Gasteiger partial charge on any atom is -0.324 e. The number of benzene rings is 1. The highest BCUT2D eigenvalue weighted by molar-refractivity contribution is 9.10. The molecule has 1 atom stereocenters. The van der Waals surface area contributed by atoms with Crippen LogP contribution in [0.5, 0.6) is 0 Å². The summed E-state index contributed by atoms with van der Waals surface area (Å²) in [6.45, 7) is 1.95. The van der Waals surface area contributed by atoms with Crippen LogP contribution in [-0.4, -0.2) is 11.9 Å². The lowest BCUT2D eigenvalue weighted by Gasteiger charge is -2.12. The average molecular weight is 289 g/mol. The van der Waals surface area contributed by atoms with Crippen molar-refractivity contribution in [3.05, 3.63) is 28.5 Å². The van der Waals surface area contributed by atoms with Crippen LogP contribution in [0.25, 0.3) is 0 Å². The summed E-state index contributed by atoms with van der Waals surface area (Å²) in [5, 5.41) is 2.58. The highest BCUT2D eigenvalue weighted by atomic mass is 79.9. The normalized spacial score (nSPS) is 12.2. The molecule has 0 fully saturated rings. The number of nitrogens with one attached hydrogen (secondary N) is 1. The van der Waals surface area contributed by atoms with Crippen LogP contribution >= 0.6 is 15.9 Å². The monoisotopic (exact) mass is 288 g/mol. The Bertz CT molecular complexity index is 384. The summed E-state index contributed by atoms with van der Waals surface area (Å²) < 4.78 is 13.6. The van der Waals surface area contributed by atoms with Gasteiger partial charge in [-0.1, -0.05) is 13.3 Å². The fraction of sp³-hybridized carbons (Fsp3) is 0.364. The highest BCUT2D eigenvalue weighted by Crippen LogP contribution is 2.23. The highest BCUT2D eigenvalue weighted by Gasteiger charge is 2.13. The smallest absolute Gasteiger partial charge is 0.241 e. The van der Waals surface area contributed by atoms with E-state index in [-0.39, 0.29) is 5.91 Å². The van der Waals surface area contributed by atoms with E-state index in [1.54, 1.807) is 0 Å². The first-order valence-electron chi connectivity index (χ1n) is 5.06. The van der Waals surface area contributed by atoms with Gasteiger partial charge < -0.3 is 11.1 Å². The second kappa shape index (κ2) is 5.96. The maximum Gasteiger partial charge on any atom is 0.241 e. The maximum absolute atomic E-state index is 12.9. The van der Waals surface area contributed by atoms with Crippen LogP contribution in [0.1, 0.15) is 19.8 Å². The topological polar surface area (TPSA) is 55.1 Å². The quantitative estimate of drug-likeness (QED) is 0.895. The Labute approximate surface area is 102 Å². The number of rotatable bonds is 4. The SMILES string of the molecule is CCCC(N)C(=O)Nc1cc(F)ccc1Br. The van der Waals surface area contributed by atoms with E-state index in [0.717, 1.165) is 6.42 Å². The zero-order valence-electron chi connectivity index (χ0n) is 8.97. The molecule has 0 aliphatic carbocycles. The molecule has 0 aliphatic rings. The summed E-state index contributed by atoms with van der Waals surface area (Å²) in [4.78, 5) is 11.6. The molecule has 0 aliphatic heterocycles. The van der Waals surface area contributed by atoms with Gasteiger partial charge in [-0.05, 0) is 40.5 Å². The van der Waals surface area contributed by atoms with Gasteiger partial charge in [-0.15, -0.1) is 0 Å². The van der Waals surface area contributed by atoms with Gasteiger partial charge in [0.25, 0.3) is 0 Å². The Hall–Kier alpha value is -0.940. The molecule has 16 heavy (non-hydrogen) atoms. The summed E-state index contributed by atoms with van der Waals surface area (Å²) in [5.41, 5.74) is 6.04. The van der Waals surface area contributed by atoms with Crippen molar-refractivity contribution in [2.75, 3.05) is 5.32 Å². The van der Waals surface area contributed by atoms with E-state index < -0.39 is 11.9 Å². The van der Waals surface area contributed by atoms with Crippen LogP contribution in [0, 0.1) is 5.82 Å². The van der Waals surface area contributed by atoms with Crippen LogP contribution in [0.3, 0.4) is 0 Å². The molecular formula is C11H14BrFN2O. The number of amides is 1. The first-order valence-corrected chi connectivity index (χ1v) is 5.85. The molecule has 1 unspecified atom stereocenters. The molecule has 0 radical (unpaired) electrons. The zero-order valence-corrected chi connectivity index (χ0v) is 10.6. The van der Waals surface area contributed by atoms with Crippen molar-refractivity contribution < 1.29 is 9.18 Å². The van der Waals surface area contributed by atoms with Crippen LogP contribution < -0.4 is 11.1 Å². The number of anilines is 1. The second-order valence-corrected chi connectivity index (χ2v) is 4.36. The lowest BCUT2D eigenvalue weighted by Crippen LogP contribution is -2.35. The molecule has 88 valence electrons. The van der Waals surface area contributed by atoms with Gasteiger partial charge in [-0.3, -0.25) is 4.79 Å². The fourth-order valence-corrected chi connectivity index (χ4v) is 1.61. The average Bonchev–Trinajstić information content (AvgIpc) is 2.23. The van der Waals surface area contributed by atoms with Gasteiger partial charge in [-0.2, -0.15) is 0 Å². The van der Waals surface area contributed by atoms with Crippen molar-refractivity contribution in [2.24, 2.45) is 5.73 Å². The molecule has 0 bridgehead atoms. The van der Waals surface area contributed by atoms with Gasteiger partial charge in [0.05, 0.1) is 11.7 Å². The molecule has 5 heteroatoms. The molecule has 1 aromatic rings. The second-order valence-electron chi connectivity index (χ2n) is 3.51. The number of hydrogen-bond acceptors (Lipinski definition) is 2. The Morgan fingerprint density at radius 2 is 2.31 bits per heavy atom. The van der Waals surface area contributed by atoms with E-state index in [4.69, 9.17) is 5.73 Å². The van der Waals surface area contributed by atoms with E-state index in [9.17, 15) is 9.18 Å². The van der Waals surface area contributed by atoms with Crippen LogP contribution in [0.2, 0.25) is 0 Å². The minimum absolute atomic E-state index is 0.298. The number of carbonyl (C=O) groups is 1. The fourth-order valence-electron chi connectivity index (χ4n) is 1.26. The summed E-state index contributed by atoms with van der Waals surface area (Å²) in [7, 11) is 0. The van der Waals surface area contributed by atoms with E-state index in [1.165, 1.54) is 18.2 Å². The summed E-state index contributed by atoms with van der Waals surface area (Å²) >= 11 is 3.22. The third kappa shape index (κ3) is 3.57. The van der Waals surface area contributed by atoms with Gasteiger partial charge >= 0.3 is 0 Å². The Balaban J connectivity index is 2.72. The van der Waals surface area contributed by atoms with E-state index >= 15 is 0 Å². The molecule has 0 spiro atoms. The van der Waals surface area contributed by atoms with Crippen LogP contribution in [-0.2, 0) is 4.79 Å². The molecule has 1 rings (SSSR count). The lowest BCUT2D eigenvalue weighted by atomic mass is 10.1. The van der Waals surface area contributed by atoms with Gasteiger partial charge in [0, 0.05) is 4.47 Å². The molecule has 0 aromatic heterocycles. The van der Waals surface area contributed by atoms with E-state index in [2.05, 4.69) is 21.2 Å². The summed E-state index contributed by atoms with van der Waals surface area (Å²) in [6.07, 6.45) is 1.44. The van der Waals surface area contributed by atoms with Crippen molar-refractivity contribution in [3.8, 4) is 0 Å². The third-order valence-electron chi connectivity index (χ3n) is 2.12. The molecule has 3 nitrogen and oxygen atoms in total. The molecule has 1 amide bonds. The molecular weight excluding hydrogens is 275 g/mol. The number of halogens is 2. The Morgan fingerprint density at radius 1 is 1.62 bits per heavy atom. The van der Waals surface area contributed by atoms with E-state index in [1.807, 2.05) is 6.92 Å². The van der Waals surface area contributed by atoms with Crippen molar-refractivity contribution in [1.82, 2.24) is 0 Å². The van der Waals surface area contributed by atoms with Gasteiger partial charge in [0.2, 0.25) is 5.91 Å². The minimum atomic E-state index is -0.555. The molecule has 3 N–H and O–H groups in total. The number of carbonyl (C=O) groups excluding carboxylic acids is 1. The third-order valence-corrected chi connectivity index (χ3v) is 2.81. The molecule has 0 saturated heterocycles. The van der Waals surface area contributed by atoms with Crippen LogP contribution in [0.4, 0.5) is 10.1 Å². The van der Waals surface area contributed by atoms with Crippen molar-refractivity contribution in [3.63, 3.8) is 0 Å². The predicted molar refractivity (Wildman–Crippen MR) is 65.6 cm³/mol. The Kier molecular flexibility index (Phi) is 4.89. The lowest BCUT2D eigenvalue weighted by molar-refractivity contribution is -0.117. The molecule has 0 heterocycles. The molecule has 0 saturated carbocycles. The maximum atomic E-state index is 12.9. The van der Waals surface area contributed by atoms with Gasteiger partial charge in [-0.25, -0.2) is 4.39 Å². The number of nitrogens with two attached hydrogens (primary N) is 1. The van der Waals surface area contributed by atoms with Crippen molar-refractivity contribution >= 4 is 27.5 Å². The Morgan fingerprint density at radius 3 is 2.94 bits per heavy atom. The van der Waals surface area contributed by atoms with Crippen molar-refractivity contribution in [2.45, 2.75) is 25.8 Å².